The lowest BCUT2D eigenvalue weighted by atomic mass is 10.1. The predicted octanol–water partition coefficient (Wildman–Crippen LogP) is 4.21. The number of fused-ring (bicyclic) bond motifs is 1. The molecule has 1 aromatic heterocycles. The summed E-state index contributed by atoms with van der Waals surface area (Å²) >= 11 is 9.48. The highest BCUT2D eigenvalue weighted by molar-refractivity contribution is 9.10. The summed E-state index contributed by atoms with van der Waals surface area (Å²) in [6.45, 7) is 0. The van der Waals surface area contributed by atoms with Crippen LogP contribution in [0.15, 0.2) is 57.9 Å². The third-order valence-electron chi connectivity index (χ3n) is 3.50. The van der Waals surface area contributed by atoms with E-state index in [1.165, 1.54) is 6.20 Å². The molecule has 1 N–H and O–H groups in total. The molecule has 0 saturated heterocycles. The number of anilines is 1. The summed E-state index contributed by atoms with van der Waals surface area (Å²) in [5, 5.41) is 3.62. The third kappa shape index (κ3) is 3.02. The Bertz CT molecular complexity index is 965. The van der Waals surface area contributed by atoms with Gasteiger partial charge in [0.1, 0.15) is 5.56 Å². The molecular weight excluding hydrogens is 380 g/mol. The van der Waals surface area contributed by atoms with Gasteiger partial charge in [-0.15, -0.1) is 0 Å². The molecular formula is C17H12BrClN2O2. The molecule has 0 fully saturated rings. The van der Waals surface area contributed by atoms with Crippen molar-refractivity contribution in [3.05, 3.63) is 73.9 Å². The number of carbonyl (C=O) groups is 1. The fourth-order valence-electron chi connectivity index (χ4n) is 2.41. The number of rotatable bonds is 2. The summed E-state index contributed by atoms with van der Waals surface area (Å²) < 4.78 is 2.60. The average Bonchev–Trinajstić information content (AvgIpc) is 2.52. The molecule has 116 valence electrons. The molecule has 1 heterocycles. The van der Waals surface area contributed by atoms with E-state index >= 15 is 0 Å². The van der Waals surface area contributed by atoms with Crippen LogP contribution < -0.4 is 10.7 Å². The zero-order valence-electron chi connectivity index (χ0n) is 12.1. The lowest BCUT2D eigenvalue weighted by molar-refractivity contribution is 0.102. The van der Waals surface area contributed by atoms with Crippen molar-refractivity contribution in [3.63, 3.8) is 0 Å². The van der Waals surface area contributed by atoms with E-state index in [1.807, 2.05) is 12.1 Å². The van der Waals surface area contributed by atoms with Gasteiger partial charge in [-0.05, 0) is 36.4 Å². The molecule has 0 spiro atoms. The first-order valence-corrected chi connectivity index (χ1v) is 7.99. The molecule has 0 unspecified atom stereocenters. The fourth-order valence-corrected chi connectivity index (χ4v) is 2.98. The van der Waals surface area contributed by atoms with Gasteiger partial charge in [0.25, 0.3) is 5.91 Å². The zero-order chi connectivity index (χ0) is 16.6. The van der Waals surface area contributed by atoms with Gasteiger partial charge in [-0.1, -0.05) is 33.6 Å². The van der Waals surface area contributed by atoms with Crippen molar-refractivity contribution in [1.82, 2.24) is 4.57 Å². The number of halogens is 2. The summed E-state index contributed by atoms with van der Waals surface area (Å²) in [6, 6.07) is 12.2. The summed E-state index contributed by atoms with van der Waals surface area (Å²) in [5.41, 5.74) is 0.964. The van der Waals surface area contributed by atoms with E-state index in [0.29, 0.717) is 21.6 Å². The Balaban J connectivity index is 2.06. The predicted molar refractivity (Wildman–Crippen MR) is 96.3 cm³/mol. The molecule has 0 saturated carbocycles. The minimum Gasteiger partial charge on any atom is -0.348 e. The number of benzene rings is 2. The van der Waals surface area contributed by atoms with Crippen LogP contribution in [0.5, 0.6) is 0 Å². The van der Waals surface area contributed by atoms with Crippen molar-refractivity contribution < 1.29 is 4.79 Å². The Labute approximate surface area is 145 Å². The van der Waals surface area contributed by atoms with Crippen molar-refractivity contribution in [3.8, 4) is 0 Å². The summed E-state index contributed by atoms with van der Waals surface area (Å²) in [5.74, 6) is -0.449. The molecule has 1 amide bonds. The largest absolute Gasteiger partial charge is 0.348 e. The van der Waals surface area contributed by atoms with E-state index in [-0.39, 0.29) is 11.0 Å². The molecule has 0 bridgehead atoms. The Morgan fingerprint density at radius 1 is 1.17 bits per heavy atom. The lowest BCUT2D eigenvalue weighted by Gasteiger charge is -2.10. The van der Waals surface area contributed by atoms with Crippen LogP contribution in [-0.2, 0) is 7.05 Å². The number of carbonyl (C=O) groups excluding carboxylic acids is 1. The maximum Gasteiger partial charge on any atom is 0.261 e. The van der Waals surface area contributed by atoms with E-state index in [0.717, 1.165) is 4.47 Å². The Hall–Kier alpha value is -2.11. The summed E-state index contributed by atoms with van der Waals surface area (Å²) in [4.78, 5) is 25.0. The number of amides is 1. The number of hydrogen-bond donors (Lipinski definition) is 1. The van der Waals surface area contributed by atoms with Crippen LogP contribution in [0.25, 0.3) is 10.9 Å². The highest BCUT2D eigenvalue weighted by atomic mass is 79.9. The number of aryl methyl sites for hydroxylation is 1. The van der Waals surface area contributed by atoms with Gasteiger partial charge in [-0.2, -0.15) is 0 Å². The molecule has 3 aromatic rings. The lowest BCUT2D eigenvalue weighted by Crippen LogP contribution is -2.23. The van der Waals surface area contributed by atoms with E-state index in [1.54, 1.807) is 41.9 Å². The van der Waals surface area contributed by atoms with Crippen LogP contribution in [0.4, 0.5) is 5.69 Å². The second-order valence-electron chi connectivity index (χ2n) is 5.08. The fraction of sp³-hybridized carbons (Fsp3) is 0.0588. The number of hydrogen-bond acceptors (Lipinski definition) is 2. The molecule has 4 nitrogen and oxygen atoms in total. The van der Waals surface area contributed by atoms with Gasteiger partial charge >= 0.3 is 0 Å². The molecule has 0 aliphatic carbocycles. The average molecular weight is 392 g/mol. The van der Waals surface area contributed by atoms with Crippen molar-refractivity contribution in [2.75, 3.05) is 5.32 Å². The van der Waals surface area contributed by atoms with Gasteiger partial charge in [0.15, 0.2) is 0 Å². The molecule has 0 aliphatic rings. The second-order valence-corrected chi connectivity index (χ2v) is 6.40. The number of nitrogens with zero attached hydrogens (tertiary/aromatic N) is 1. The minimum atomic E-state index is -0.449. The highest BCUT2D eigenvalue weighted by Gasteiger charge is 2.16. The van der Waals surface area contributed by atoms with Crippen molar-refractivity contribution in [2.45, 2.75) is 0 Å². The zero-order valence-corrected chi connectivity index (χ0v) is 14.5. The second kappa shape index (κ2) is 6.18. The number of aromatic nitrogens is 1. The summed E-state index contributed by atoms with van der Waals surface area (Å²) in [6.07, 6.45) is 1.50. The highest BCUT2D eigenvalue weighted by Crippen LogP contribution is 2.21. The van der Waals surface area contributed by atoms with Crippen molar-refractivity contribution in [2.24, 2.45) is 7.05 Å². The van der Waals surface area contributed by atoms with Crippen LogP contribution in [0.2, 0.25) is 5.02 Å². The molecule has 23 heavy (non-hydrogen) atoms. The Morgan fingerprint density at radius 3 is 2.57 bits per heavy atom. The quantitative estimate of drug-likeness (QED) is 0.711. The monoisotopic (exact) mass is 390 g/mol. The molecule has 0 atom stereocenters. The van der Waals surface area contributed by atoms with Crippen LogP contribution in [-0.4, -0.2) is 10.5 Å². The number of nitrogens with one attached hydrogen (secondary N) is 1. The van der Waals surface area contributed by atoms with E-state index in [4.69, 9.17) is 11.6 Å². The Morgan fingerprint density at radius 2 is 1.87 bits per heavy atom. The first-order chi connectivity index (χ1) is 11.0. The topological polar surface area (TPSA) is 51.1 Å². The first kappa shape index (κ1) is 15.8. The van der Waals surface area contributed by atoms with Gasteiger partial charge in [0, 0.05) is 28.8 Å². The van der Waals surface area contributed by atoms with Gasteiger partial charge < -0.3 is 9.88 Å². The number of para-hydroxylation sites is 1. The first-order valence-electron chi connectivity index (χ1n) is 6.82. The van der Waals surface area contributed by atoms with Crippen molar-refractivity contribution >= 4 is 50.0 Å². The minimum absolute atomic E-state index is 0.0742. The smallest absolute Gasteiger partial charge is 0.261 e. The van der Waals surface area contributed by atoms with Crippen LogP contribution in [0.1, 0.15) is 10.4 Å². The van der Waals surface area contributed by atoms with E-state index in [9.17, 15) is 9.59 Å². The normalized spacial score (nSPS) is 10.7. The molecule has 0 radical (unpaired) electrons. The molecule has 0 aliphatic heterocycles. The molecule has 6 heteroatoms. The maximum atomic E-state index is 12.6. The van der Waals surface area contributed by atoms with E-state index < -0.39 is 5.91 Å². The SMILES string of the molecule is Cn1cc(C(=O)Nc2ccc(Br)cc2)c(=O)c2cccc(Cl)c21. The van der Waals surface area contributed by atoms with Crippen LogP contribution in [0, 0.1) is 0 Å². The van der Waals surface area contributed by atoms with Gasteiger partial charge in [0.05, 0.1) is 10.5 Å². The summed E-state index contributed by atoms with van der Waals surface area (Å²) in [7, 11) is 1.75. The van der Waals surface area contributed by atoms with Crippen LogP contribution >= 0.6 is 27.5 Å². The van der Waals surface area contributed by atoms with Gasteiger partial charge in [-0.3, -0.25) is 9.59 Å². The molecule has 2 aromatic carbocycles. The van der Waals surface area contributed by atoms with Gasteiger partial charge in [0.2, 0.25) is 5.43 Å². The van der Waals surface area contributed by atoms with E-state index in [2.05, 4.69) is 21.2 Å². The third-order valence-corrected chi connectivity index (χ3v) is 4.33. The van der Waals surface area contributed by atoms with Gasteiger partial charge in [-0.25, -0.2) is 0 Å². The number of pyridine rings is 1. The maximum absolute atomic E-state index is 12.6. The standard InChI is InChI=1S/C17H12BrClN2O2/c1-21-9-13(16(22)12-3-2-4-14(19)15(12)21)17(23)20-11-7-5-10(18)6-8-11/h2-9H,1H3,(H,20,23). The Kier molecular flexibility index (Phi) is 4.24. The molecule has 3 rings (SSSR count). The van der Waals surface area contributed by atoms with Crippen LogP contribution in [0.3, 0.4) is 0 Å². The van der Waals surface area contributed by atoms with Crippen molar-refractivity contribution in [1.29, 1.82) is 0 Å².